The second kappa shape index (κ2) is 14.2. The van der Waals surface area contributed by atoms with E-state index in [1.54, 1.807) is 13.2 Å². The first-order valence-electron chi connectivity index (χ1n) is 15.5. The van der Waals surface area contributed by atoms with Gasteiger partial charge in [0.05, 0.1) is 49.2 Å². The van der Waals surface area contributed by atoms with Crippen LogP contribution in [0.3, 0.4) is 0 Å². The summed E-state index contributed by atoms with van der Waals surface area (Å²) in [5.41, 5.74) is 4.76. The van der Waals surface area contributed by atoms with Gasteiger partial charge in [0.2, 0.25) is 0 Å². The number of fused-ring (bicyclic) bond motifs is 2. The van der Waals surface area contributed by atoms with Gasteiger partial charge >= 0.3 is 5.97 Å². The maximum Gasteiger partial charge on any atom is 0.355 e. The Hall–Kier alpha value is -3.92. The standard InChI is InChI=1S/C36H41ClFN3O5/c1-22-31(23(2)41(40-22)16-18-44-20-19-43-6)32-29(37)15-14-28-27(34(39-33(28)32)35(42)46-36(3,4)5)10-8-17-45-30-11-7-9-24-21-25(38)12-13-26(24)30/h7,9,11-15,21,39H,8,10,16-20H2,1-6H3. The van der Waals surface area contributed by atoms with Gasteiger partial charge in [-0.3, -0.25) is 4.68 Å². The Balaban J connectivity index is 1.46. The predicted molar refractivity (Wildman–Crippen MR) is 180 cm³/mol. The molecule has 1 N–H and O–H groups in total. The molecule has 3 aromatic carbocycles. The summed E-state index contributed by atoms with van der Waals surface area (Å²) in [4.78, 5) is 17.0. The minimum atomic E-state index is -0.678. The lowest BCUT2D eigenvalue weighted by Crippen LogP contribution is -2.24. The summed E-state index contributed by atoms with van der Waals surface area (Å²) < 4.78 is 38.4. The molecule has 244 valence electrons. The van der Waals surface area contributed by atoms with Gasteiger partial charge in [-0.05, 0) is 88.7 Å². The number of benzene rings is 3. The van der Waals surface area contributed by atoms with Crippen molar-refractivity contribution in [3.8, 4) is 16.9 Å². The quantitative estimate of drug-likeness (QED) is 0.102. The highest BCUT2D eigenvalue weighted by atomic mass is 35.5. The van der Waals surface area contributed by atoms with Crippen LogP contribution in [0.2, 0.25) is 5.02 Å². The van der Waals surface area contributed by atoms with Crippen molar-refractivity contribution in [2.45, 2.75) is 59.6 Å². The highest BCUT2D eigenvalue weighted by Crippen LogP contribution is 2.41. The van der Waals surface area contributed by atoms with E-state index in [0.717, 1.165) is 49.8 Å². The van der Waals surface area contributed by atoms with Gasteiger partial charge in [-0.1, -0.05) is 29.8 Å². The number of ether oxygens (including phenoxy) is 4. The van der Waals surface area contributed by atoms with E-state index >= 15 is 0 Å². The number of aromatic nitrogens is 3. The van der Waals surface area contributed by atoms with E-state index in [1.165, 1.54) is 12.1 Å². The topological polar surface area (TPSA) is 87.6 Å². The van der Waals surface area contributed by atoms with Gasteiger partial charge in [-0.25, -0.2) is 9.18 Å². The van der Waals surface area contributed by atoms with Gasteiger partial charge < -0.3 is 23.9 Å². The van der Waals surface area contributed by atoms with Crippen molar-refractivity contribution >= 4 is 39.2 Å². The molecule has 0 bridgehead atoms. The molecule has 5 rings (SSSR count). The van der Waals surface area contributed by atoms with E-state index in [4.69, 9.17) is 35.6 Å². The molecule has 2 aromatic heterocycles. The van der Waals surface area contributed by atoms with Gasteiger partial charge in [0.25, 0.3) is 0 Å². The highest BCUT2D eigenvalue weighted by molar-refractivity contribution is 6.35. The molecule has 2 heterocycles. The molecule has 0 spiro atoms. The fourth-order valence-electron chi connectivity index (χ4n) is 5.75. The third kappa shape index (κ3) is 7.38. The number of hydrogen-bond donors (Lipinski definition) is 1. The van der Waals surface area contributed by atoms with Gasteiger partial charge in [-0.15, -0.1) is 0 Å². The summed E-state index contributed by atoms with van der Waals surface area (Å²) in [5.74, 6) is -0.0390. The van der Waals surface area contributed by atoms with Gasteiger partial charge in [-0.2, -0.15) is 5.10 Å². The number of carbonyl (C=O) groups excluding carboxylic acids is 1. The summed E-state index contributed by atoms with van der Waals surface area (Å²) in [7, 11) is 1.64. The van der Waals surface area contributed by atoms with E-state index < -0.39 is 11.6 Å². The molecule has 0 unspecified atom stereocenters. The number of hydrogen-bond acceptors (Lipinski definition) is 6. The lowest BCUT2D eigenvalue weighted by molar-refractivity contribution is 0.00625. The molecule has 46 heavy (non-hydrogen) atoms. The van der Waals surface area contributed by atoms with E-state index in [9.17, 15) is 9.18 Å². The number of nitrogens with one attached hydrogen (secondary N) is 1. The van der Waals surface area contributed by atoms with E-state index in [0.29, 0.717) is 62.3 Å². The number of aryl methyl sites for hydroxylation is 2. The molecular formula is C36H41ClFN3O5. The zero-order valence-electron chi connectivity index (χ0n) is 27.3. The van der Waals surface area contributed by atoms with Crippen LogP contribution in [0.15, 0.2) is 48.5 Å². The molecule has 0 radical (unpaired) electrons. The molecule has 0 saturated carbocycles. The number of aromatic amines is 1. The van der Waals surface area contributed by atoms with Crippen LogP contribution in [-0.2, 0) is 27.2 Å². The van der Waals surface area contributed by atoms with Crippen molar-refractivity contribution in [1.82, 2.24) is 14.8 Å². The number of halogens is 2. The minimum Gasteiger partial charge on any atom is -0.493 e. The molecule has 8 nitrogen and oxygen atoms in total. The third-order valence-electron chi connectivity index (χ3n) is 7.78. The van der Waals surface area contributed by atoms with Crippen LogP contribution < -0.4 is 4.74 Å². The molecule has 0 fully saturated rings. The molecule has 0 aliphatic heterocycles. The Labute approximate surface area is 273 Å². The Morgan fingerprint density at radius 1 is 1.00 bits per heavy atom. The minimum absolute atomic E-state index is 0.289. The number of methoxy groups -OCH3 is 1. The number of H-pyrrole nitrogens is 1. The summed E-state index contributed by atoms with van der Waals surface area (Å²) in [6, 6.07) is 14.1. The zero-order valence-corrected chi connectivity index (χ0v) is 28.0. The fraction of sp³-hybridized carbons (Fsp3) is 0.389. The van der Waals surface area contributed by atoms with E-state index in [1.807, 2.05) is 69.6 Å². The Morgan fingerprint density at radius 3 is 2.54 bits per heavy atom. The van der Waals surface area contributed by atoms with Gasteiger partial charge in [0, 0.05) is 34.7 Å². The van der Waals surface area contributed by atoms with E-state index in [-0.39, 0.29) is 5.82 Å². The number of carbonyl (C=O) groups is 1. The van der Waals surface area contributed by atoms with Crippen LogP contribution >= 0.6 is 11.6 Å². The maximum absolute atomic E-state index is 13.8. The number of nitrogens with zero attached hydrogens (tertiary/aromatic N) is 2. The molecule has 0 amide bonds. The second-order valence-corrected chi connectivity index (χ2v) is 12.7. The Bertz CT molecular complexity index is 1860. The predicted octanol–water partition coefficient (Wildman–Crippen LogP) is 8.22. The van der Waals surface area contributed by atoms with E-state index in [2.05, 4.69) is 4.98 Å². The summed E-state index contributed by atoms with van der Waals surface area (Å²) in [6.07, 6.45) is 1.17. The average molecular weight is 650 g/mol. The Kier molecular flexibility index (Phi) is 10.4. The van der Waals surface area contributed by atoms with Crippen LogP contribution in [-0.4, -0.2) is 59.9 Å². The second-order valence-electron chi connectivity index (χ2n) is 12.3. The summed E-state index contributed by atoms with van der Waals surface area (Å²) >= 11 is 6.90. The monoisotopic (exact) mass is 649 g/mol. The number of rotatable bonds is 13. The van der Waals surface area contributed by atoms with Crippen molar-refractivity contribution in [1.29, 1.82) is 0 Å². The van der Waals surface area contributed by atoms with Crippen molar-refractivity contribution in [3.63, 3.8) is 0 Å². The lowest BCUT2D eigenvalue weighted by atomic mass is 9.98. The van der Waals surface area contributed by atoms with Crippen LogP contribution in [0.4, 0.5) is 4.39 Å². The average Bonchev–Trinajstić information content (AvgIpc) is 3.50. The van der Waals surface area contributed by atoms with Gasteiger partial charge in [0.15, 0.2) is 0 Å². The fourth-order valence-corrected chi connectivity index (χ4v) is 6.01. The van der Waals surface area contributed by atoms with Crippen molar-refractivity contribution in [2.24, 2.45) is 0 Å². The molecule has 10 heteroatoms. The highest BCUT2D eigenvalue weighted by Gasteiger charge is 2.27. The van der Waals surface area contributed by atoms with Crippen LogP contribution in [0, 0.1) is 19.7 Å². The normalized spacial score (nSPS) is 11.9. The molecule has 0 saturated heterocycles. The molecule has 0 atom stereocenters. The molecule has 5 aromatic rings. The maximum atomic E-state index is 13.8. The Morgan fingerprint density at radius 2 is 1.78 bits per heavy atom. The molecular weight excluding hydrogens is 609 g/mol. The first kappa shape index (κ1) is 33.4. The number of esters is 1. The third-order valence-corrected chi connectivity index (χ3v) is 8.09. The van der Waals surface area contributed by atoms with Crippen molar-refractivity contribution < 1.29 is 28.1 Å². The zero-order chi connectivity index (χ0) is 33.0. The summed E-state index contributed by atoms with van der Waals surface area (Å²) in [6.45, 7) is 12.0. The van der Waals surface area contributed by atoms with Gasteiger partial charge in [0.1, 0.15) is 22.9 Å². The first-order valence-corrected chi connectivity index (χ1v) is 15.8. The molecule has 0 aliphatic carbocycles. The van der Waals surface area contributed by atoms with Crippen LogP contribution in [0.5, 0.6) is 5.75 Å². The molecule has 0 aliphatic rings. The van der Waals surface area contributed by atoms with Crippen molar-refractivity contribution in [2.75, 3.05) is 33.5 Å². The van der Waals surface area contributed by atoms with Crippen LogP contribution in [0.25, 0.3) is 32.8 Å². The smallest absolute Gasteiger partial charge is 0.355 e. The summed E-state index contributed by atoms with van der Waals surface area (Å²) in [5, 5.41) is 7.84. The van der Waals surface area contributed by atoms with Crippen molar-refractivity contribution in [3.05, 3.63) is 82.0 Å². The SMILES string of the molecule is COCCOCCn1nc(C)c(-c2c(Cl)ccc3c(CCCOc4cccc5cc(F)ccc45)c(C(=O)OC(C)(C)C)[nH]c23)c1C. The van der Waals surface area contributed by atoms with Crippen LogP contribution in [0.1, 0.15) is 54.6 Å². The largest absolute Gasteiger partial charge is 0.493 e. The first-order chi connectivity index (χ1) is 22.0. The lowest BCUT2D eigenvalue weighted by Gasteiger charge is -2.19.